The number of pyridine rings is 1. The fraction of sp³-hybridized carbons (Fsp3) is 0.433. The molecule has 0 atom stereocenters. The van der Waals surface area contributed by atoms with Gasteiger partial charge in [0.25, 0.3) is 0 Å². The Hall–Kier alpha value is -3.65. The van der Waals surface area contributed by atoms with Gasteiger partial charge in [0.1, 0.15) is 10.8 Å². The third-order valence-electron chi connectivity index (χ3n) is 8.40. The average Bonchev–Trinajstić information content (AvgIpc) is 3.00. The minimum absolute atomic E-state index is 0.136. The summed E-state index contributed by atoms with van der Waals surface area (Å²) in [6, 6.07) is 9.45. The summed E-state index contributed by atoms with van der Waals surface area (Å²) < 4.78 is 0. The topological polar surface area (TPSA) is 150 Å². The Morgan fingerprint density at radius 1 is 0.977 bits per heavy atom. The van der Waals surface area contributed by atoms with Gasteiger partial charge in [0.15, 0.2) is 5.82 Å². The van der Waals surface area contributed by atoms with Crippen LogP contribution in [0.1, 0.15) is 31.9 Å². The quantitative estimate of drug-likeness (QED) is 0.350. The van der Waals surface area contributed by atoms with Crippen LogP contribution in [0, 0.1) is 0 Å². The van der Waals surface area contributed by atoms with Gasteiger partial charge in [-0.05, 0) is 44.0 Å². The summed E-state index contributed by atoms with van der Waals surface area (Å²) in [6.07, 6.45) is 5.56. The number of hydrogen-bond donors (Lipinski definition) is 3. The van der Waals surface area contributed by atoms with E-state index < -0.39 is 6.03 Å². The van der Waals surface area contributed by atoms with Crippen molar-refractivity contribution in [3.8, 4) is 0 Å². The van der Waals surface area contributed by atoms with Gasteiger partial charge in [-0.1, -0.05) is 29.4 Å². The number of nitrogen functional groups attached to an aromatic ring is 1. The average molecular weight is 637 g/mol. The lowest BCUT2D eigenvalue weighted by Gasteiger charge is -2.37. The highest BCUT2D eigenvalue weighted by Crippen LogP contribution is 2.40. The molecule has 3 fully saturated rings. The molecule has 0 unspecified atom stereocenters. The lowest BCUT2D eigenvalue weighted by atomic mass is 9.91. The fourth-order valence-electron chi connectivity index (χ4n) is 5.64. The zero-order chi connectivity index (χ0) is 30.8. The van der Waals surface area contributed by atoms with E-state index in [0.717, 1.165) is 74.2 Å². The normalized spacial score (nSPS) is 19.3. The van der Waals surface area contributed by atoms with Crippen molar-refractivity contribution >= 4 is 58.3 Å². The predicted molar refractivity (Wildman–Crippen MR) is 173 cm³/mol. The standard InChI is InChI=1S/C30H37ClN10O2S/c1-30(33)8-11-40(12-9-30)24-18-35-28(27(32)36-24)44-23-4-2-3-22(26(23)31)39-15-13-38(14-16-39)19-20-5-6-21(17-34-20)41-10-7-25(42)37-29(41)43/h2-6,17-18H,7-16,19,33H2,1H3,(H2,32,36)(H,37,42,43). The van der Waals surface area contributed by atoms with E-state index in [4.69, 9.17) is 23.1 Å². The smallest absolute Gasteiger partial charge is 0.328 e. The zero-order valence-corrected chi connectivity index (χ0v) is 26.3. The number of carbonyl (C=O) groups excluding carboxylic acids is 2. The Balaban J connectivity index is 1.04. The third-order valence-corrected chi connectivity index (χ3v) is 9.98. The van der Waals surface area contributed by atoms with Crippen molar-refractivity contribution in [2.45, 2.75) is 48.2 Å². The zero-order valence-electron chi connectivity index (χ0n) is 24.7. The number of anilines is 4. The molecule has 0 radical (unpaired) electrons. The second-order valence-corrected chi connectivity index (χ2v) is 13.2. The molecule has 12 nitrogen and oxygen atoms in total. The third kappa shape index (κ3) is 6.85. The highest BCUT2D eigenvalue weighted by atomic mass is 35.5. The lowest BCUT2D eigenvalue weighted by Crippen LogP contribution is -2.49. The van der Waals surface area contributed by atoms with Crippen molar-refractivity contribution in [1.29, 1.82) is 0 Å². The summed E-state index contributed by atoms with van der Waals surface area (Å²) in [7, 11) is 0. The number of nitrogens with two attached hydrogens (primary N) is 2. The minimum Gasteiger partial charge on any atom is -0.381 e. The summed E-state index contributed by atoms with van der Waals surface area (Å²) in [5, 5.41) is 3.65. The number of halogens is 1. The summed E-state index contributed by atoms with van der Waals surface area (Å²) in [5.74, 6) is 0.915. The maximum atomic E-state index is 12.1. The second-order valence-electron chi connectivity index (χ2n) is 11.8. The number of nitrogens with zero attached hydrogens (tertiary/aromatic N) is 7. The molecular weight excluding hydrogens is 600 g/mol. The molecule has 2 aromatic heterocycles. The number of nitrogens with one attached hydrogen (secondary N) is 1. The van der Waals surface area contributed by atoms with Gasteiger partial charge in [0.05, 0.1) is 34.5 Å². The predicted octanol–water partition coefficient (Wildman–Crippen LogP) is 3.34. The first kappa shape index (κ1) is 30.4. The van der Waals surface area contributed by atoms with Crippen LogP contribution in [0.2, 0.25) is 5.02 Å². The first-order valence-corrected chi connectivity index (χ1v) is 16.0. The van der Waals surface area contributed by atoms with Crippen molar-refractivity contribution in [2.24, 2.45) is 5.73 Å². The number of carbonyl (C=O) groups is 2. The summed E-state index contributed by atoms with van der Waals surface area (Å²) in [4.78, 5) is 46.7. The van der Waals surface area contributed by atoms with Crippen LogP contribution in [0.4, 0.5) is 27.8 Å². The van der Waals surface area contributed by atoms with E-state index in [1.807, 2.05) is 30.3 Å². The van der Waals surface area contributed by atoms with E-state index in [9.17, 15) is 9.59 Å². The molecule has 3 aromatic rings. The van der Waals surface area contributed by atoms with Crippen LogP contribution in [0.25, 0.3) is 0 Å². The maximum absolute atomic E-state index is 12.1. The maximum Gasteiger partial charge on any atom is 0.328 e. The first-order chi connectivity index (χ1) is 21.1. The van der Waals surface area contributed by atoms with E-state index in [-0.39, 0.29) is 17.9 Å². The largest absolute Gasteiger partial charge is 0.381 e. The molecule has 0 spiro atoms. The van der Waals surface area contributed by atoms with Crippen molar-refractivity contribution in [1.82, 2.24) is 25.2 Å². The molecule has 6 rings (SSSR count). The van der Waals surface area contributed by atoms with E-state index in [1.165, 1.54) is 16.7 Å². The Morgan fingerprint density at radius 3 is 2.43 bits per heavy atom. The molecule has 5 N–H and O–H groups in total. The van der Waals surface area contributed by atoms with Crippen molar-refractivity contribution in [2.75, 3.05) is 66.2 Å². The van der Waals surface area contributed by atoms with Crippen LogP contribution in [-0.2, 0) is 11.3 Å². The Kier molecular flexibility index (Phi) is 8.81. The van der Waals surface area contributed by atoms with E-state index in [0.29, 0.717) is 34.6 Å². The Bertz CT molecular complexity index is 1520. The molecule has 3 saturated heterocycles. The highest BCUT2D eigenvalue weighted by Gasteiger charge is 2.28. The summed E-state index contributed by atoms with van der Waals surface area (Å²) >= 11 is 8.37. The summed E-state index contributed by atoms with van der Waals surface area (Å²) in [5.41, 5.74) is 15.1. The molecule has 1 aromatic carbocycles. The SMILES string of the molecule is CC1(N)CCN(c2cnc(Sc3cccc(N4CCN(Cc5ccc(N6CCC(=O)NC6=O)cn5)CC4)c3Cl)c(N)n2)CC1. The Morgan fingerprint density at radius 2 is 1.75 bits per heavy atom. The lowest BCUT2D eigenvalue weighted by molar-refractivity contribution is -0.120. The van der Waals surface area contributed by atoms with E-state index >= 15 is 0 Å². The number of piperidine rings is 1. The van der Waals surface area contributed by atoms with Crippen LogP contribution in [0.3, 0.4) is 0 Å². The van der Waals surface area contributed by atoms with Gasteiger partial charge in [-0.3, -0.25) is 24.9 Å². The van der Waals surface area contributed by atoms with Gasteiger partial charge in [-0.15, -0.1) is 0 Å². The molecule has 0 aliphatic carbocycles. The van der Waals surface area contributed by atoms with Crippen LogP contribution in [0.15, 0.2) is 52.6 Å². The van der Waals surface area contributed by atoms with Gasteiger partial charge >= 0.3 is 6.03 Å². The number of urea groups is 1. The molecule has 232 valence electrons. The molecule has 3 aliphatic heterocycles. The van der Waals surface area contributed by atoms with Gasteiger partial charge in [0.2, 0.25) is 5.91 Å². The molecule has 0 bridgehead atoms. The first-order valence-electron chi connectivity index (χ1n) is 14.8. The van der Waals surface area contributed by atoms with Crippen LogP contribution < -0.4 is 31.5 Å². The van der Waals surface area contributed by atoms with E-state index in [2.05, 4.69) is 41.9 Å². The van der Waals surface area contributed by atoms with Gasteiger partial charge < -0.3 is 21.3 Å². The number of benzene rings is 1. The number of imide groups is 1. The van der Waals surface area contributed by atoms with Crippen LogP contribution in [-0.4, -0.2) is 83.1 Å². The van der Waals surface area contributed by atoms with Crippen LogP contribution >= 0.6 is 23.4 Å². The molecule has 14 heteroatoms. The number of amides is 3. The minimum atomic E-state index is -0.407. The molecule has 5 heterocycles. The number of piperazine rings is 1. The van der Waals surface area contributed by atoms with Crippen molar-refractivity contribution in [3.05, 3.63) is 53.4 Å². The van der Waals surface area contributed by atoms with Crippen LogP contribution in [0.5, 0.6) is 0 Å². The monoisotopic (exact) mass is 636 g/mol. The number of hydrogen-bond acceptors (Lipinski definition) is 11. The second kappa shape index (κ2) is 12.8. The van der Waals surface area contributed by atoms with Gasteiger partial charge in [0, 0.05) is 69.2 Å². The molecular formula is C30H37ClN10O2S. The number of rotatable bonds is 7. The summed E-state index contributed by atoms with van der Waals surface area (Å²) in [6.45, 7) is 8.17. The van der Waals surface area contributed by atoms with Gasteiger partial charge in [-0.25, -0.2) is 14.8 Å². The molecule has 44 heavy (non-hydrogen) atoms. The number of aromatic nitrogens is 3. The van der Waals surface area contributed by atoms with Gasteiger partial charge in [-0.2, -0.15) is 0 Å². The van der Waals surface area contributed by atoms with Crippen molar-refractivity contribution in [3.63, 3.8) is 0 Å². The molecule has 3 aliphatic rings. The van der Waals surface area contributed by atoms with E-state index in [1.54, 1.807) is 12.4 Å². The fourth-order valence-corrected chi connectivity index (χ4v) is 6.81. The Labute approximate surface area is 266 Å². The van der Waals surface area contributed by atoms with Crippen molar-refractivity contribution < 1.29 is 9.59 Å². The molecule has 0 saturated carbocycles. The molecule has 3 amide bonds. The highest BCUT2D eigenvalue weighted by molar-refractivity contribution is 7.99.